The van der Waals surface area contributed by atoms with Crippen molar-refractivity contribution in [1.29, 1.82) is 0 Å². The van der Waals surface area contributed by atoms with E-state index in [9.17, 15) is 9.59 Å². The highest BCUT2D eigenvalue weighted by molar-refractivity contribution is 14.0. The Labute approximate surface area is 171 Å². The van der Waals surface area contributed by atoms with Crippen molar-refractivity contribution in [2.75, 3.05) is 26.7 Å². The van der Waals surface area contributed by atoms with Gasteiger partial charge in [0, 0.05) is 32.2 Å². The predicted octanol–water partition coefficient (Wildman–Crippen LogP) is 1.75. The van der Waals surface area contributed by atoms with Crippen LogP contribution >= 0.6 is 24.0 Å². The van der Waals surface area contributed by atoms with Crippen LogP contribution in [0.15, 0.2) is 29.3 Å². The zero-order valence-corrected chi connectivity index (χ0v) is 17.6. The lowest BCUT2D eigenvalue weighted by Gasteiger charge is -2.33. The Morgan fingerprint density at radius 1 is 1.35 bits per heavy atom. The molecule has 0 spiro atoms. The normalized spacial score (nSPS) is 15.2. The number of piperidine rings is 1. The Morgan fingerprint density at radius 2 is 2.04 bits per heavy atom. The van der Waals surface area contributed by atoms with Crippen molar-refractivity contribution in [1.82, 2.24) is 10.2 Å². The van der Waals surface area contributed by atoms with Crippen LogP contribution in [0.5, 0.6) is 0 Å². The van der Waals surface area contributed by atoms with Crippen LogP contribution in [0, 0.1) is 5.92 Å². The molecular weight excluding hydrogens is 447 g/mol. The molecule has 1 saturated heterocycles. The van der Waals surface area contributed by atoms with E-state index in [0.29, 0.717) is 18.7 Å². The molecule has 0 bridgehead atoms. The first-order chi connectivity index (χ1) is 12.0. The van der Waals surface area contributed by atoms with E-state index in [4.69, 9.17) is 10.5 Å². The standard InChI is InChI=1S/C18H26N4O3.HI/c1-3-25-17(24)14-7-9-22(10-8-14)18(20-2)21-12-13-5-4-6-15(11-13)16(19)23;/h4-6,11,14H,3,7-10,12H2,1-2H3,(H2,19,23)(H,20,21);1H. The van der Waals surface area contributed by atoms with E-state index in [1.807, 2.05) is 19.1 Å². The lowest BCUT2D eigenvalue weighted by molar-refractivity contribution is -0.149. The van der Waals surface area contributed by atoms with Gasteiger partial charge in [-0.2, -0.15) is 0 Å². The molecule has 1 aliphatic rings. The largest absolute Gasteiger partial charge is 0.466 e. The summed E-state index contributed by atoms with van der Waals surface area (Å²) in [6.45, 7) is 4.30. The lowest BCUT2D eigenvalue weighted by Crippen LogP contribution is -2.46. The van der Waals surface area contributed by atoms with Gasteiger partial charge in [0.15, 0.2) is 5.96 Å². The number of hydrogen-bond donors (Lipinski definition) is 2. The zero-order chi connectivity index (χ0) is 18.2. The maximum atomic E-state index is 11.8. The molecule has 8 heteroatoms. The summed E-state index contributed by atoms with van der Waals surface area (Å²) >= 11 is 0. The number of rotatable bonds is 5. The fraction of sp³-hybridized carbons (Fsp3) is 0.500. The minimum absolute atomic E-state index is 0. The molecule has 2 rings (SSSR count). The average molecular weight is 474 g/mol. The van der Waals surface area contributed by atoms with Crippen molar-refractivity contribution in [2.45, 2.75) is 26.3 Å². The third-order valence-corrected chi connectivity index (χ3v) is 4.29. The Hall–Kier alpha value is -1.84. The molecule has 3 N–H and O–H groups in total. The van der Waals surface area contributed by atoms with Crippen molar-refractivity contribution in [2.24, 2.45) is 16.6 Å². The van der Waals surface area contributed by atoms with E-state index in [0.717, 1.165) is 37.5 Å². The fourth-order valence-corrected chi connectivity index (χ4v) is 2.94. The van der Waals surface area contributed by atoms with E-state index in [2.05, 4.69) is 15.2 Å². The Kier molecular flexibility index (Phi) is 9.39. The molecule has 1 aromatic carbocycles. The number of halogens is 1. The molecule has 7 nitrogen and oxygen atoms in total. The highest BCUT2D eigenvalue weighted by atomic mass is 127. The molecule has 0 aliphatic carbocycles. The molecule has 1 heterocycles. The van der Waals surface area contributed by atoms with Gasteiger partial charge >= 0.3 is 5.97 Å². The van der Waals surface area contributed by atoms with Crippen LogP contribution in [0.4, 0.5) is 0 Å². The molecule has 1 amide bonds. The van der Waals surface area contributed by atoms with Gasteiger partial charge in [0.25, 0.3) is 0 Å². The van der Waals surface area contributed by atoms with E-state index in [-0.39, 0.29) is 35.9 Å². The Morgan fingerprint density at radius 3 is 2.62 bits per heavy atom. The number of nitrogens with zero attached hydrogens (tertiary/aromatic N) is 2. The summed E-state index contributed by atoms with van der Waals surface area (Å²) in [5, 5.41) is 3.30. The number of esters is 1. The molecule has 26 heavy (non-hydrogen) atoms. The minimum atomic E-state index is -0.438. The summed E-state index contributed by atoms with van der Waals surface area (Å²) in [7, 11) is 1.74. The zero-order valence-electron chi connectivity index (χ0n) is 15.2. The van der Waals surface area contributed by atoms with Crippen LogP contribution in [0.3, 0.4) is 0 Å². The molecule has 0 unspecified atom stereocenters. The Balaban J connectivity index is 0.00000338. The van der Waals surface area contributed by atoms with Gasteiger partial charge in [0.1, 0.15) is 0 Å². The first kappa shape index (κ1) is 22.2. The third kappa shape index (κ3) is 6.15. The first-order valence-corrected chi connectivity index (χ1v) is 8.56. The second-order valence-electron chi connectivity index (χ2n) is 5.98. The maximum Gasteiger partial charge on any atom is 0.309 e. The quantitative estimate of drug-likeness (QED) is 0.294. The van der Waals surface area contributed by atoms with Crippen LogP contribution in [-0.2, 0) is 16.1 Å². The van der Waals surface area contributed by atoms with E-state index in [1.165, 1.54) is 0 Å². The summed E-state index contributed by atoms with van der Waals surface area (Å²) in [4.78, 5) is 29.5. The number of hydrogen-bond acceptors (Lipinski definition) is 4. The van der Waals surface area contributed by atoms with Crippen molar-refractivity contribution in [3.05, 3.63) is 35.4 Å². The number of carbonyl (C=O) groups excluding carboxylic acids is 2. The number of ether oxygens (including phenoxy) is 1. The maximum absolute atomic E-state index is 11.8. The third-order valence-electron chi connectivity index (χ3n) is 4.29. The van der Waals surface area contributed by atoms with Crippen LogP contribution < -0.4 is 11.1 Å². The van der Waals surface area contributed by atoms with E-state index >= 15 is 0 Å². The molecule has 0 aromatic heterocycles. The van der Waals surface area contributed by atoms with Gasteiger partial charge in [0.05, 0.1) is 12.5 Å². The first-order valence-electron chi connectivity index (χ1n) is 8.56. The van der Waals surface area contributed by atoms with Crippen LogP contribution in [-0.4, -0.2) is 49.5 Å². The molecule has 0 radical (unpaired) electrons. The molecule has 0 atom stereocenters. The minimum Gasteiger partial charge on any atom is -0.466 e. The smallest absolute Gasteiger partial charge is 0.309 e. The highest BCUT2D eigenvalue weighted by Crippen LogP contribution is 2.18. The van der Waals surface area contributed by atoms with Gasteiger partial charge in [-0.15, -0.1) is 24.0 Å². The number of amides is 1. The van der Waals surface area contributed by atoms with Crippen molar-refractivity contribution in [3.8, 4) is 0 Å². The number of carbonyl (C=O) groups is 2. The van der Waals surface area contributed by atoms with E-state index < -0.39 is 5.91 Å². The number of aliphatic imine (C=N–C) groups is 1. The van der Waals surface area contributed by atoms with Gasteiger partial charge in [-0.25, -0.2) is 0 Å². The second-order valence-corrected chi connectivity index (χ2v) is 5.98. The van der Waals surface area contributed by atoms with Gasteiger partial charge in [-0.05, 0) is 37.5 Å². The lowest BCUT2D eigenvalue weighted by atomic mass is 9.97. The highest BCUT2D eigenvalue weighted by Gasteiger charge is 2.27. The molecule has 1 fully saturated rings. The van der Waals surface area contributed by atoms with Gasteiger partial charge in [-0.3, -0.25) is 14.6 Å². The predicted molar refractivity (Wildman–Crippen MR) is 112 cm³/mol. The Bertz CT molecular complexity index is 643. The SMILES string of the molecule is CCOC(=O)C1CCN(C(=NC)NCc2cccc(C(N)=O)c2)CC1.I. The number of nitrogens with two attached hydrogens (primary N) is 1. The average Bonchev–Trinajstić information content (AvgIpc) is 2.63. The number of likely N-dealkylation sites (tertiary alicyclic amines) is 1. The van der Waals surface area contributed by atoms with Gasteiger partial charge in [0.2, 0.25) is 5.91 Å². The monoisotopic (exact) mass is 474 g/mol. The molecular formula is C18H27IN4O3. The molecule has 1 aromatic rings. The number of benzene rings is 1. The summed E-state index contributed by atoms with van der Waals surface area (Å²) in [5.74, 6) is 0.217. The van der Waals surface area contributed by atoms with Crippen LogP contribution in [0.25, 0.3) is 0 Å². The topological polar surface area (TPSA) is 97.0 Å². The van der Waals surface area contributed by atoms with Gasteiger partial charge in [-0.1, -0.05) is 12.1 Å². The summed E-state index contributed by atoms with van der Waals surface area (Å²) in [5.41, 5.74) is 6.76. The van der Waals surface area contributed by atoms with Crippen molar-refractivity contribution < 1.29 is 14.3 Å². The second kappa shape index (κ2) is 11.0. The molecule has 1 aliphatic heterocycles. The van der Waals surface area contributed by atoms with E-state index in [1.54, 1.807) is 19.2 Å². The van der Waals surface area contributed by atoms with Gasteiger partial charge < -0.3 is 20.7 Å². The fourth-order valence-electron chi connectivity index (χ4n) is 2.94. The number of primary amides is 1. The van der Waals surface area contributed by atoms with Crippen LogP contribution in [0.1, 0.15) is 35.7 Å². The van der Waals surface area contributed by atoms with Crippen LogP contribution in [0.2, 0.25) is 0 Å². The van der Waals surface area contributed by atoms with Crippen molar-refractivity contribution in [3.63, 3.8) is 0 Å². The summed E-state index contributed by atoms with van der Waals surface area (Å²) < 4.78 is 5.10. The number of nitrogens with one attached hydrogen (secondary N) is 1. The number of guanidine groups is 1. The molecule has 0 saturated carbocycles. The summed E-state index contributed by atoms with van der Waals surface area (Å²) in [6, 6.07) is 7.21. The van der Waals surface area contributed by atoms with Crippen molar-refractivity contribution >= 4 is 41.8 Å². The molecule has 144 valence electrons. The summed E-state index contributed by atoms with van der Waals surface area (Å²) in [6.07, 6.45) is 1.52.